The van der Waals surface area contributed by atoms with Crippen LogP contribution in [0, 0.1) is 0 Å². The molecule has 0 bridgehead atoms. The van der Waals surface area contributed by atoms with Crippen LogP contribution in [-0.4, -0.2) is 19.3 Å². The predicted octanol–water partition coefficient (Wildman–Crippen LogP) is 4.39. The van der Waals surface area contributed by atoms with Crippen LogP contribution in [0.5, 0.6) is 0 Å². The highest BCUT2D eigenvalue weighted by atomic mass is 16.6. The zero-order chi connectivity index (χ0) is 16.2. The fraction of sp³-hybridized carbons (Fsp3) is 0.182. The second-order valence-corrected chi connectivity index (χ2v) is 6.05. The van der Waals surface area contributed by atoms with Crippen molar-refractivity contribution in [3.63, 3.8) is 0 Å². The third kappa shape index (κ3) is 2.86. The second kappa shape index (κ2) is 6.60. The van der Waals surface area contributed by atoms with E-state index in [1.807, 2.05) is 18.2 Å². The van der Waals surface area contributed by atoms with Gasteiger partial charge in [0.2, 0.25) is 0 Å². The van der Waals surface area contributed by atoms with Gasteiger partial charge in [-0.1, -0.05) is 91.0 Å². The Hall–Kier alpha value is -2.42. The van der Waals surface area contributed by atoms with Crippen LogP contribution < -0.4 is 0 Å². The van der Waals surface area contributed by atoms with Crippen LogP contribution in [0.2, 0.25) is 0 Å². The highest BCUT2D eigenvalue weighted by molar-refractivity contribution is 5.47. The average Bonchev–Trinajstić information content (AvgIpc) is 3.50. The Kier molecular flexibility index (Phi) is 4.16. The quantitative estimate of drug-likeness (QED) is 0.497. The predicted molar refractivity (Wildman–Crippen MR) is 94.9 cm³/mol. The van der Waals surface area contributed by atoms with Gasteiger partial charge in [-0.3, -0.25) is 0 Å². The first kappa shape index (κ1) is 15.1. The van der Waals surface area contributed by atoms with Gasteiger partial charge < -0.3 is 9.47 Å². The van der Waals surface area contributed by atoms with E-state index in [0.717, 1.165) is 23.3 Å². The minimum atomic E-state index is -0.629. The van der Waals surface area contributed by atoms with Crippen molar-refractivity contribution in [1.29, 1.82) is 0 Å². The molecular formula is C22H20O2. The molecule has 4 rings (SSSR count). The highest BCUT2D eigenvalue weighted by Crippen LogP contribution is 2.40. The van der Waals surface area contributed by atoms with Gasteiger partial charge in [-0.05, 0) is 16.7 Å². The summed E-state index contributed by atoms with van der Waals surface area (Å²) >= 11 is 0. The topological polar surface area (TPSA) is 21.8 Å². The van der Waals surface area contributed by atoms with E-state index < -0.39 is 5.60 Å². The van der Waals surface area contributed by atoms with Gasteiger partial charge in [0, 0.05) is 0 Å². The van der Waals surface area contributed by atoms with Crippen molar-refractivity contribution in [3.8, 4) is 0 Å². The molecule has 1 saturated heterocycles. The van der Waals surface area contributed by atoms with E-state index in [4.69, 9.17) is 9.47 Å². The van der Waals surface area contributed by atoms with Crippen molar-refractivity contribution in [1.82, 2.24) is 0 Å². The first-order chi connectivity index (χ1) is 11.9. The largest absolute Gasteiger partial charge is 0.371 e. The molecule has 2 nitrogen and oxygen atoms in total. The van der Waals surface area contributed by atoms with Crippen LogP contribution in [0.25, 0.3) is 0 Å². The van der Waals surface area contributed by atoms with Crippen LogP contribution in [0.3, 0.4) is 0 Å². The Bertz CT molecular complexity index is 668. The standard InChI is InChI=1S/C22H20O2/c1-4-10-18(11-5-1)22(24-17-21-16-23-21,19-12-6-2-7-13-19)20-14-8-3-9-15-20/h1-15,21H,16-17H2/t21-/m1/s1. The molecule has 0 radical (unpaired) electrons. The molecule has 2 heteroatoms. The van der Waals surface area contributed by atoms with E-state index in [1.54, 1.807) is 0 Å². The molecule has 24 heavy (non-hydrogen) atoms. The molecule has 0 aliphatic carbocycles. The summed E-state index contributed by atoms with van der Waals surface area (Å²) in [5, 5.41) is 0. The van der Waals surface area contributed by atoms with Gasteiger partial charge in [0.05, 0.1) is 13.2 Å². The molecule has 1 fully saturated rings. The zero-order valence-corrected chi connectivity index (χ0v) is 13.5. The molecule has 1 aliphatic rings. The third-order valence-electron chi connectivity index (χ3n) is 4.43. The first-order valence-electron chi connectivity index (χ1n) is 8.32. The van der Waals surface area contributed by atoms with Crippen LogP contribution >= 0.6 is 0 Å². The van der Waals surface area contributed by atoms with Crippen LogP contribution in [0.15, 0.2) is 91.0 Å². The molecule has 1 atom stereocenters. The fourth-order valence-corrected chi connectivity index (χ4v) is 3.15. The summed E-state index contributed by atoms with van der Waals surface area (Å²) in [4.78, 5) is 0. The number of epoxide rings is 1. The summed E-state index contributed by atoms with van der Waals surface area (Å²) in [6.07, 6.45) is 0.209. The van der Waals surface area contributed by atoms with Crippen molar-refractivity contribution < 1.29 is 9.47 Å². The van der Waals surface area contributed by atoms with Crippen molar-refractivity contribution in [2.24, 2.45) is 0 Å². The minimum Gasteiger partial charge on any atom is -0.371 e. The van der Waals surface area contributed by atoms with Gasteiger partial charge in [0.25, 0.3) is 0 Å². The summed E-state index contributed by atoms with van der Waals surface area (Å²) in [5.41, 5.74) is 2.75. The van der Waals surface area contributed by atoms with E-state index in [-0.39, 0.29) is 6.10 Å². The van der Waals surface area contributed by atoms with Gasteiger partial charge >= 0.3 is 0 Å². The lowest BCUT2D eigenvalue weighted by Crippen LogP contribution is -2.34. The summed E-state index contributed by atoms with van der Waals surface area (Å²) in [6.45, 7) is 1.37. The molecule has 0 aromatic heterocycles. The summed E-state index contributed by atoms with van der Waals surface area (Å²) in [7, 11) is 0. The van der Waals surface area contributed by atoms with Crippen molar-refractivity contribution >= 4 is 0 Å². The summed E-state index contributed by atoms with van der Waals surface area (Å²) in [6, 6.07) is 31.3. The monoisotopic (exact) mass is 316 g/mol. The smallest absolute Gasteiger partial charge is 0.143 e. The lowest BCUT2D eigenvalue weighted by atomic mass is 9.80. The molecule has 0 saturated carbocycles. The number of hydrogen-bond donors (Lipinski definition) is 0. The van der Waals surface area contributed by atoms with E-state index in [9.17, 15) is 0 Å². The molecule has 1 heterocycles. The van der Waals surface area contributed by atoms with Crippen molar-refractivity contribution in [2.75, 3.05) is 13.2 Å². The van der Waals surface area contributed by atoms with Gasteiger partial charge in [-0.25, -0.2) is 0 Å². The normalized spacial score (nSPS) is 16.8. The molecule has 3 aromatic rings. The van der Waals surface area contributed by atoms with E-state index >= 15 is 0 Å². The molecular weight excluding hydrogens is 296 g/mol. The molecule has 120 valence electrons. The summed E-state index contributed by atoms with van der Waals surface area (Å²) in [5.74, 6) is 0. The number of benzene rings is 3. The molecule has 1 aliphatic heterocycles. The van der Waals surface area contributed by atoms with Gasteiger partial charge in [0.1, 0.15) is 11.7 Å². The van der Waals surface area contributed by atoms with Crippen LogP contribution in [0.4, 0.5) is 0 Å². The van der Waals surface area contributed by atoms with E-state index in [0.29, 0.717) is 6.61 Å². The summed E-state index contributed by atoms with van der Waals surface area (Å²) < 4.78 is 12.0. The molecule has 3 aromatic carbocycles. The number of rotatable bonds is 6. The molecule has 0 N–H and O–H groups in total. The first-order valence-corrected chi connectivity index (χ1v) is 8.32. The van der Waals surface area contributed by atoms with Gasteiger partial charge in [-0.2, -0.15) is 0 Å². The molecule has 0 spiro atoms. The second-order valence-electron chi connectivity index (χ2n) is 6.05. The SMILES string of the molecule is c1ccc(C(OC[C@H]2CO2)(c2ccccc2)c2ccccc2)cc1. The zero-order valence-electron chi connectivity index (χ0n) is 13.5. The molecule has 0 amide bonds. The van der Waals surface area contributed by atoms with Crippen molar-refractivity contribution in [2.45, 2.75) is 11.7 Å². The third-order valence-corrected chi connectivity index (χ3v) is 4.43. The average molecular weight is 316 g/mol. The fourth-order valence-electron chi connectivity index (χ4n) is 3.15. The highest BCUT2D eigenvalue weighted by Gasteiger charge is 2.39. The Morgan fingerprint density at radius 3 is 1.42 bits per heavy atom. The van der Waals surface area contributed by atoms with Gasteiger partial charge in [-0.15, -0.1) is 0 Å². The van der Waals surface area contributed by atoms with Crippen LogP contribution in [-0.2, 0) is 15.1 Å². The van der Waals surface area contributed by atoms with E-state index in [1.165, 1.54) is 0 Å². The van der Waals surface area contributed by atoms with E-state index in [2.05, 4.69) is 72.8 Å². The maximum Gasteiger partial charge on any atom is 0.143 e. The lowest BCUT2D eigenvalue weighted by Gasteiger charge is -2.35. The molecule has 0 unspecified atom stereocenters. The Balaban J connectivity index is 1.91. The number of ether oxygens (including phenoxy) is 2. The van der Waals surface area contributed by atoms with Crippen LogP contribution in [0.1, 0.15) is 16.7 Å². The lowest BCUT2D eigenvalue weighted by molar-refractivity contribution is 0.00431. The Morgan fingerprint density at radius 1 is 0.708 bits per heavy atom. The minimum absolute atomic E-state index is 0.209. The van der Waals surface area contributed by atoms with Gasteiger partial charge in [0.15, 0.2) is 0 Å². The Morgan fingerprint density at radius 2 is 1.08 bits per heavy atom. The maximum absolute atomic E-state index is 6.59. The Labute approximate surface area is 142 Å². The maximum atomic E-state index is 6.59. The van der Waals surface area contributed by atoms with Crippen molar-refractivity contribution in [3.05, 3.63) is 108 Å². The number of hydrogen-bond acceptors (Lipinski definition) is 2.